The highest BCUT2D eigenvalue weighted by molar-refractivity contribution is 9.11. The van der Waals surface area contributed by atoms with Crippen LogP contribution in [0.5, 0.6) is 0 Å². The van der Waals surface area contributed by atoms with Gasteiger partial charge in [-0.1, -0.05) is 80.7 Å². The fourth-order valence-corrected chi connectivity index (χ4v) is 4.28. The predicted molar refractivity (Wildman–Crippen MR) is 97.2 cm³/mol. The number of halogens is 2. The number of hydrogen-bond acceptors (Lipinski definition) is 0. The van der Waals surface area contributed by atoms with Crippen LogP contribution in [0.2, 0.25) is 19.6 Å². The molecule has 2 aromatic carbocycles. The maximum atomic E-state index is 3.48. The van der Waals surface area contributed by atoms with E-state index in [2.05, 4.69) is 87.6 Å². The highest BCUT2D eigenvalue weighted by Crippen LogP contribution is 2.19. The van der Waals surface area contributed by atoms with Crippen molar-refractivity contribution in [2.45, 2.75) is 19.6 Å². The minimum atomic E-state index is -1.22. The number of benzene rings is 2. The Balaban J connectivity index is 2.25. The molecule has 0 fully saturated rings. The summed E-state index contributed by atoms with van der Waals surface area (Å²) in [6.45, 7) is 7.06. The van der Waals surface area contributed by atoms with Crippen LogP contribution in [0.15, 0.2) is 51.4 Å². The quantitative estimate of drug-likeness (QED) is 0.452. The Labute approximate surface area is 138 Å². The lowest BCUT2D eigenvalue weighted by Crippen LogP contribution is -2.37. The molecule has 0 saturated carbocycles. The van der Waals surface area contributed by atoms with Gasteiger partial charge in [0.1, 0.15) is 0 Å². The molecule has 0 nitrogen and oxygen atoms in total. The van der Waals surface area contributed by atoms with E-state index in [9.17, 15) is 0 Å². The summed E-state index contributed by atoms with van der Waals surface area (Å²) in [5.41, 5.74) is 2.06. The van der Waals surface area contributed by atoms with Gasteiger partial charge in [0.05, 0.1) is 8.07 Å². The van der Waals surface area contributed by atoms with Gasteiger partial charge in [0.25, 0.3) is 0 Å². The van der Waals surface area contributed by atoms with Crippen molar-refractivity contribution < 1.29 is 0 Å². The van der Waals surface area contributed by atoms with Crippen molar-refractivity contribution in [3.05, 3.63) is 62.5 Å². The first-order chi connectivity index (χ1) is 9.34. The van der Waals surface area contributed by atoms with Gasteiger partial charge in [-0.25, -0.2) is 0 Å². The Morgan fingerprint density at radius 1 is 0.750 bits per heavy atom. The van der Waals surface area contributed by atoms with Crippen molar-refractivity contribution in [2.75, 3.05) is 0 Å². The second kappa shape index (κ2) is 6.30. The van der Waals surface area contributed by atoms with Crippen LogP contribution in [-0.4, -0.2) is 8.07 Å². The summed E-state index contributed by atoms with van der Waals surface area (Å²) >= 11 is 6.95. The summed E-state index contributed by atoms with van der Waals surface area (Å²) in [7, 11) is -1.22. The van der Waals surface area contributed by atoms with E-state index in [0.717, 1.165) is 20.1 Å². The molecule has 2 aromatic rings. The summed E-state index contributed by atoms with van der Waals surface area (Å²) in [4.78, 5) is 0. The van der Waals surface area contributed by atoms with Gasteiger partial charge < -0.3 is 0 Å². The van der Waals surface area contributed by atoms with Crippen LogP contribution in [0.1, 0.15) is 11.1 Å². The molecule has 2 rings (SSSR count). The average Bonchev–Trinajstić information content (AvgIpc) is 2.35. The van der Waals surface area contributed by atoms with Crippen LogP contribution in [0.3, 0.4) is 0 Å². The second-order valence-corrected chi connectivity index (χ2v) is 12.6. The van der Waals surface area contributed by atoms with Gasteiger partial charge in [-0.3, -0.25) is 0 Å². The SMILES string of the molecule is C[Si](C)(C)c1ccc(C#Cc2cc(Br)cc(Br)c2)cc1. The molecule has 3 heteroatoms. The molecule has 0 aliphatic carbocycles. The predicted octanol–water partition coefficient (Wildman–Crippen LogP) is 5.16. The van der Waals surface area contributed by atoms with Gasteiger partial charge in [-0.2, -0.15) is 0 Å². The van der Waals surface area contributed by atoms with E-state index in [1.165, 1.54) is 5.19 Å². The molecule has 0 bridgehead atoms. The van der Waals surface area contributed by atoms with E-state index < -0.39 is 8.07 Å². The maximum Gasteiger partial charge on any atom is 0.0775 e. The minimum Gasteiger partial charge on any atom is -0.0656 e. The Bertz CT molecular complexity index is 651. The number of hydrogen-bond donors (Lipinski definition) is 0. The van der Waals surface area contributed by atoms with Gasteiger partial charge in [-0.15, -0.1) is 0 Å². The fourth-order valence-electron chi connectivity index (χ4n) is 1.82. The van der Waals surface area contributed by atoms with Crippen molar-refractivity contribution in [2.24, 2.45) is 0 Å². The second-order valence-electron chi connectivity index (χ2n) is 5.74. The van der Waals surface area contributed by atoms with E-state index in [0.29, 0.717) is 0 Å². The van der Waals surface area contributed by atoms with Crippen molar-refractivity contribution in [1.29, 1.82) is 0 Å². The lowest BCUT2D eigenvalue weighted by Gasteiger charge is -2.15. The van der Waals surface area contributed by atoms with Crippen LogP contribution >= 0.6 is 31.9 Å². The molecule has 0 aliphatic rings. The standard InChI is InChI=1S/C17H16Br2Si/c1-20(2,3)17-8-6-13(7-9-17)4-5-14-10-15(18)12-16(19)11-14/h6-12H,1-3H3. The maximum absolute atomic E-state index is 3.48. The monoisotopic (exact) mass is 406 g/mol. The summed E-state index contributed by atoms with van der Waals surface area (Å²) < 4.78 is 2.07. The molecule has 0 aliphatic heterocycles. The van der Waals surface area contributed by atoms with Crippen LogP contribution < -0.4 is 5.19 Å². The summed E-state index contributed by atoms with van der Waals surface area (Å²) in [6, 6.07) is 14.7. The Morgan fingerprint density at radius 3 is 1.75 bits per heavy atom. The smallest absolute Gasteiger partial charge is 0.0656 e. The average molecular weight is 408 g/mol. The molecule has 0 atom stereocenters. The molecule has 0 unspecified atom stereocenters. The molecule has 0 aromatic heterocycles. The van der Waals surface area contributed by atoms with Gasteiger partial charge in [0.2, 0.25) is 0 Å². The van der Waals surface area contributed by atoms with Crippen molar-refractivity contribution in [3.8, 4) is 11.8 Å². The summed E-state index contributed by atoms with van der Waals surface area (Å²) in [5, 5.41) is 1.47. The molecular weight excluding hydrogens is 392 g/mol. The van der Waals surface area contributed by atoms with Crippen LogP contribution in [0.25, 0.3) is 0 Å². The largest absolute Gasteiger partial charge is 0.0775 e. The van der Waals surface area contributed by atoms with E-state index >= 15 is 0 Å². The molecule has 0 radical (unpaired) electrons. The molecule has 0 amide bonds. The first-order valence-corrected chi connectivity index (χ1v) is 11.5. The molecule has 0 heterocycles. The van der Waals surface area contributed by atoms with E-state index in [4.69, 9.17) is 0 Å². The molecule has 0 saturated heterocycles. The summed E-state index contributed by atoms with van der Waals surface area (Å²) in [6.07, 6.45) is 0. The van der Waals surface area contributed by atoms with Gasteiger partial charge in [0, 0.05) is 20.1 Å². The zero-order valence-electron chi connectivity index (χ0n) is 11.8. The third-order valence-corrected chi connectivity index (χ3v) is 5.95. The van der Waals surface area contributed by atoms with Gasteiger partial charge in [0.15, 0.2) is 0 Å². The topological polar surface area (TPSA) is 0 Å². The normalized spacial score (nSPS) is 10.8. The summed E-state index contributed by atoms with van der Waals surface area (Å²) in [5.74, 6) is 6.42. The molecular formula is C17H16Br2Si. The van der Waals surface area contributed by atoms with Crippen molar-refractivity contribution in [1.82, 2.24) is 0 Å². The first kappa shape index (κ1) is 15.6. The van der Waals surface area contributed by atoms with Gasteiger partial charge >= 0.3 is 0 Å². The molecule has 102 valence electrons. The Hall–Kier alpha value is -0.823. The molecule has 20 heavy (non-hydrogen) atoms. The zero-order valence-corrected chi connectivity index (χ0v) is 16.0. The Kier molecular flexibility index (Phi) is 4.90. The zero-order chi connectivity index (χ0) is 14.8. The van der Waals surface area contributed by atoms with Crippen molar-refractivity contribution in [3.63, 3.8) is 0 Å². The van der Waals surface area contributed by atoms with Gasteiger partial charge in [-0.05, 0) is 30.3 Å². The molecule has 0 spiro atoms. The first-order valence-electron chi connectivity index (χ1n) is 6.43. The van der Waals surface area contributed by atoms with Crippen molar-refractivity contribution >= 4 is 45.1 Å². The van der Waals surface area contributed by atoms with E-state index in [1.807, 2.05) is 18.2 Å². The van der Waals surface area contributed by atoms with Crippen LogP contribution in [0.4, 0.5) is 0 Å². The van der Waals surface area contributed by atoms with Crippen LogP contribution in [0, 0.1) is 11.8 Å². The minimum absolute atomic E-state index is 1.00. The lowest BCUT2D eigenvalue weighted by molar-refractivity contribution is 1.55. The van der Waals surface area contributed by atoms with E-state index in [1.54, 1.807) is 0 Å². The molecule has 0 N–H and O–H groups in total. The van der Waals surface area contributed by atoms with Crippen LogP contribution in [-0.2, 0) is 0 Å². The third-order valence-electron chi connectivity index (χ3n) is 2.96. The Morgan fingerprint density at radius 2 is 1.25 bits per heavy atom. The number of rotatable bonds is 1. The highest BCUT2D eigenvalue weighted by Gasteiger charge is 2.15. The fraction of sp³-hybridized carbons (Fsp3) is 0.176. The lowest BCUT2D eigenvalue weighted by atomic mass is 10.2. The highest BCUT2D eigenvalue weighted by atomic mass is 79.9. The van der Waals surface area contributed by atoms with E-state index in [-0.39, 0.29) is 0 Å². The third kappa shape index (κ3) is 4.34.